The summed E-state index contributed by atoms with van der Waals surface area (Å²) in [5.41, 5.74) is 6.84. The van der Waals surface area contributed by atoms with E-state index in [2.05, 4.69) is 10.6 Å². The van der Waals surface area contributed by atoms with Gasteiger partial charge < -0.3 is 21.1 Å². The van der Waals surface area contributed by atoms with Gasteiger partial charge in [0.1, 0.15) is 0 Å². The number of nitrogens with two attached hydrogens (primary N) is 1. The van der Waals surface area contributed by atoms with Crippen LogP contribution in [0.5, 0.6) is 0 Å². The van der Waals surface area contributed by atoms with Gasteiger partial charge in [-0.15, -0.1) is 0 Å². The number of carbonyl (C=O) groups is 3. The lowest BCUT2D eigenvalue weighted by Crippen LogP contribution is -2.30. The molecule has 2 aromatic carbocycles. The van der Waals surface area contributed by atoms with Gasteiger partial charge >= 0.3 is 12.0 Å². The first kappa shape index (κ1) is 18.0. The van der Waals surface area contributed by atoms with E-state index in [0.717, 1.165) is 5.56 Å². The molecule has 0 aliphatic heterocycles. The maximum atomic E-state index is 11.9. The molecule has 0 saturated carbocycles. The molecule has 2 aromatic rings. The highest BCUT2D eigenvalue weighted by Crippen LogP contribution is 2.10. The standard InChI is InChI=1S/C18H19N3O4/c19-18(24)21-15-8-6-14(7-9-15)17(23)25-12-16(22)20-11-10-13-4-2-1-3-5-13/h1-9H,10-12H2,(H,20,22)(H3,19,21,24). The topological polar surface area (TPSA) is 111 Å². The molecule has 0 aliphatic rings. The first-order valence-corrected chi connectivity index (χ1v) is 7.69. The van der Waals surface area contributed by atoms with Crippen LogP contribution in [0.2, 0.25) is 0 Å². The third-order valence-electron chi connectivity index (χ3n) is 3.30. The van der Waals surface area contributed by atoms with Crippen molar-refractivity contribution in [3.05, 3.63) is 65.7 Å². The molecule has 0 aliphatic carbocycles. The Labute approximate surface area is 145 Å². The largest absolute Gasteiger partial charge is 0.452 e. The number of rotatable bonds is 7. The maximum absolute atomic E-state index is 11.9. The van der Waals surface area contributed by atoms with Crippen molar-refractivity contribution in [3.63, 3.8) is 0 Å². The van der Waals surface area contributed by atoms with Crippen LogP contribution in [0.4, 0.5) is 10.5 Å². The summed E-state index contributed by atoms with van der Waals surface area (Å²) >= 11 is 0. The number of hydrogen-bond acceptors (Lipinski definition) is 4. The van der Waals surface area contributed by atoms with Gasteiger partial charge in [-0.25, -0.2) is 9.59 Å². The third-order valence-corrected chi connectivity index (χ3v) is 3.30. The molecule has 0 fully saturated rings. The average Bonchev–Trinajstić information content (AvgIpc) is 2.61. The van der Waals surface area contributed by atoms with E-state index in [1.807, 2.05) is 30.3 Å². The fourth-order valence-electron chi connectivity index (χ4n) is 2.09. The van der Waals surface area contributed by atoms with Gasteiger partial charge in [0.25, 0.3) is 5.91 Å². The Morgan fingerprint density at radius 1 is 0.960 bits per heavy atom. The lowest BCUT2D eigenvalue weighted by molar-refractivity contribution is -0.124. The van der Waals surface area contributed by atoms with Crippen LogP contribution in [-0.2, 0) is 16.0 Å². The Morgan fingerprint density at radius 3 is 2.28 bits per heavy atom. The zero-order valence-electron chi connectivity index (χ0n) is 13.5. The highest BCUT2D eigenvalue weighted by molar-refractivity contribution is 5.93. The Hall–Kier alpha value is -3.35. The number of carbonyl (C=O) groups excluding carboxylic acids is 3. The first-order valence-electron chi connectivity index (χ1n) is 7.69. The molecule has 0 unspecified atom stereocenters. The van der Waals surface area contributed by atoms with Crippen LogP contribution >= 0.6 is 0 Å². The molecule has 4 N–H and O–H groups in total. The Bertz CT molecular complexity index is 730. The quantitative estimate of drug-likeness (QED) is 0.666. The summed E-state index contributed by atoms with van der Waals surface area (Å²) in [5.74, 6) is -0.986. The second-order valence-electron chi connectivity index (χ2n) is 5.23. The molecule has 0 saturated heterocycles. The minimum Gasteiger partial charge on any atom is -0.452 e. The molecule has 7 nitrogen and oxygen atoms in total. The van der Waals surface area contributed by atoms with Crippen molar-refractivity contribution >= 4 is 23.6 Å². The SMILES string of the molecule is NC(=O)Nc1ccc(C(=O)OCC(=O)NCCc2ccccc2)cc1. The second-order valence-corrected chi connectivity index (χ2v) is 5.23. The fraction of sp³-hybridized carbons (Fsp3) is 0.167. The predicted octanol–water partition coefficient (Wildman–Crippen LogP) is 1.69. The Balaban J connectivity index is 1.71. The Morgan fingerprint density at radius 2 is 1.64 bits per heavy atom. The lowest BCUT2D eigenvalue weighted by atomic mass is 10.1. The molecule has 0 spiro atoms. The summed E-state index contributed by atoms with van der Waals surface area (Å²) in [6.07, 6.45) is 0.703. The molecular formula is C18H19N3O4. The zero-order chi connectivity index (χ0) is 18.1. The monoisotopic (exact) mass is 341 g/mol. The molecule has 0 bridgehead atoms. The number of primary amides is 1. The molecule has 7 heteroatoms. The van der Waals surface area contributed by atoms with Crippen molar-refractivity contribution in [2.45, 2.75) is 6.42 Å². The van der Waals surface area contributed by atoms with Crippen LogP contribution < -0.4 is 16.4 Å². The van der Waals surface area contributed by atoms with E-state index >= 15 is 0 Å². The number of urea groups is 1. The number of amides is 3. The van der Waals surface area contributed by atoms with Crippen molar-refractivity contribution in [1.29, 1.82) is 0 Å². The Kier molecular flexibility index (Phi) is 6.53. The van der Waals surface area contributed by atoms with Gasteiger partial charge in [0.15, 0.2) is 6.61 Å². The molecular weight excluding hydrogens is 322 g/mol. The van der Waals surface area contributed by atoms with Gasteiger partial charge in [0.2, 0.25) is 0 Å². The van der Waals surface area contributed by atoms with Crippen molar-refractivity contribution in [3.8, 4) is 0 Å². The van der Waals surface area contributed by atoms with Gasteiger partial charge in [0, 0.05) is 12.2 Å². The van der Waals surface area contributed by atoms with Crippen LogP contribution in [0.15, 0.2) is 54.6 Å². The van der Waals surface area contributed by atoms with Crippen molar-refractivity contribution < 1.29 is 19.1 Å². The summed E-state index contributed by atoms with van der Waals surface area (Å²) in [6.45, 7) is 0.114. The lowest BCUT2D eigenvalue weighted by Gasteiger charge is -2.07. The van der Waals surface area contributed by atoms with Gasteiger partial charge in [-0.2, -0.15) is 0 Å². The third kappa shape index (κ3) is 6.34. The van der Waals surface area contributed by atoms with Gasteiger partial charge in [-0.3, -0.25) is 4.79 Å². The molecule has 130 valence electrons. The van der Waals surface area contributed by atoms with Crippen LogP contribution in [0.25, 0.3) is 0 Å². The van der Waals surface area contributed by atoms with Crippen molar-refractivity contribution in [2.24, 2.45) is 5.73 Å². The van der Waals surface area contributed by atoms with Gasteiger partial charge in [-0.05, 0) is 36.2 Å². The van der Waals surface area contributed by atoms with E-state index in [1.54, 1.807) is 0 Å². The second kappa shape index (κ2) is 9.07. The molecule has 0 radical (unpaired) electrons. The number of ether oxygens (including phenoxy) is 1. The van der Waals surface area contributed by atoms with E-state index in [0.29, 0.717) is 18.7 Å². The van der Waals surface area contributed by atoms with Crippen LogP contribution in [0.1, 0.15) is 15.9 Å². The van der Waals surface area contributed by atoms with Crippen molar-refractivity contribution in [1.82, 2.24) is 5.32 Å². The normalized spacial score (nSPS) is 9.92. The summed E-state index contributed by atoms with van der Waals surface area (Å²) in [7, 11) is 0. The first-order chi connectivity index (χ1) is 12.0. The zero-order valence-corrected chi connectivity index (χ0v) is 13.5. The maximum Gasteiger partial charge on any atom is 0.338 e. The van der Waals surface area contributed by atoms with Crippen LogP contribution in [0.3, 0.4) is 0 Å². The summed E-state index contributed by atoms with van der Waals surface area (Å²) in [4.78, 5) is 34.3. The van der Waals surface area contributed by atoms with E-state index in [4.69, 9.17) is 10.5 Å². The number of benzene rings is 2. The average molecular weight is 341 g/mol. The van der Waals surface area contributed by atoms with Crippen molar-refractivity contribution in [2.75, 3.05) is 18.5 Å². The number of esters is 1. The fourth-order valence-corrected chi connectivity index (χ4v) is 2.09. The minimum atomic E-state index is -0.692. The van der Waals surface area contributed by atoms with Crippen LogP contribution in [0, 0.1) is 0 Å². The summed E-state index contributed by atoms with van der Waals surface area (Å²) in [6, 6.07) is 15.0. The highest BCUT2D eigenvalue weighted by atomic mass is 16.5. The molecule has 0 aromatic heterocycles. The molecule has 2 rings (SSSR count). The molecule has 3 amide bonds. The summed E-state index contributed by atoms with van der Waals surface area (Å²) < 4.78 is 4.95. The van der Waals surface area contributed by atoms with Gasteiger partial charge in [0.05, 0.1) is 5.56 Å². The smallest absolute Gasteiger partial charge is 0.338 e. The van der Waals surface area contributed by atoms with E-state index in [9.17, 15) is 14.4 Å². The van der Waals surface area contributed by atoms with E-state index in [1.165, 1.54) is 24.3 Å². The molecule has 0 atom stereocenters. The van der Waals surface area contributed by atoms with Crippen LogP contribution in [-0.4, -0.2) is 31.1 Å². The molecule has 0 heterocycles. The summed E-state index contributed by atoms with van der Waals surface area (Å²) in [5, 5.41) is 5.07. The van der Waals surface area contributed by atoms with E-state index < -0.39 is 12.0 Å². The molecule has 25 heavy (non-hydrogen) atoms. The number of hydrogen-bond donors (Lipinski definition) is 3. The number of nitrogens with one attached hydrogen (secondary N) is 2. The van der Waals surface area contributed by atoms with Gasteiger partial charge in [-0.1, -0.05) is 30.3 Å². The predicted molar refractivity (Wildman–Crippen MR) is 93.1 cm³/mol. The highest BCUT2D eigenvalue weighted by Gasteiger charge is 2.10. The number of anilines is 1. The minimum absolute atomic E-state index is 0.270. The van der Waals surface area contributed by atoms with E-state index in [-0.39, 0.29) is 18.1 Å².